The monoisotopic (exact) mass is 512 g/mol. The highest BCUT2D eigenvalue weighted by atomic mass is 127. The second-order valence-electron chi connectivity index (χ2n) is 7.18. The zero-order valence-corrected chi connectivity index (χ0v) is 19.8. The van der Waals surface area contributed by atoms with Crippen LogP contribution in [0.2, 0.25) is 0 Å². The fraction of sp³-hybridized carbons (Fsp3) is 0.571. The Morgan fingerprint density at radius 3 is 2.79 bits per heavy atom. The molecule has 0 spiro atoms. The number of carbonyl (C=O) groups excluding carboxylic acids is 1. The molecule has 1 saturated heterocycles. The first kappa shape index (κ1) is 23.4. The van der Waals surface area contributed by atoms with E-state index >= 15 is 0 Å². The van der Waals surface area contributed by atoms with Gasteiger partial charge in [0.2, 0.25) is 5.91 Å². The lowest BCUT2D eigenvalue weighted by Crippen LogP contribution is -2.38. The first-order chi connectivity index (χ1) is 13.7. The number of guanidine groups is 1. The molecule has 160 valence electrons. The van der Waals surface area contributed by atoms with Gasteiger partial charge < -0.3 is 20.1 Å². The first-order valence-electron chi connectivity index (χ1n) is 10.4. The molecule has 29 heavy (non-hydrogen) atoms. The molecule has 7 nitrogen and oxygen atoms in total. The highest BCUT2D eigenvalue weighted by Crippen LogP contribution is 2.15. The van der Waals surface area contributed by atoms with Crippen molar-refractivity contribution in [1.29, 1.82) is 0 Å². The molecule has 1 amide bonds. The summed E-state index contributed by atoms with van der Waals surface area (Å²) in [6, 6.07) is 8.27. The maximum atomic E-state index is 11.6. The van der Waals surface area contributed by atoms with Crippen molar-refractivity contribution in [2.24, 2.45) is 4.99 Å². The van der Waals surface area contributed by atoms with E-state index in [0.29, 0.717) is 6.42 Å². The van der Waals surface area contributed by atoms with E-state index in [0.717, 1.165) is 75.8 Å². The van der Waals surface area contributed by atoms with Gasteiger partial charge in [0.05, 0.1) is 11.0 Å². The molecule has 1 aromatic heterocycles. The number of aryl methyl sites for hydroxylation is 2. The average molecular weight is 512 g/mol. The fourth-order valence-electron chi connectivity index (χ4n) is 3.66. The van der Waals surface area contributed by atoms with E-state index in [2.05, 4.69) is 57.2 Å². The molecule has 1 aliphatic rings. The van der Waals surface area contributed by atoms with Crippen LogP contribution in [0.25, 0.3) is 11.0 Å². The summed E-state index contributed by atoms with van der Waals surface area (Å²) in [5.74, 6) is 2.19. The van der Waals surface area contributed by atoms with Gasteiger partial charge in [-0.1, -0.05) is 12.1 Å². The van der Waals surface area contributed by atoms with E-state index in [9.17, 15) is 4.79 Å². The second-order valence-corrected chi connectivity index (χ2v) is 7.18. The molecule has 0 bridgehead atoms. The molecule has 3 rings (SSSR count). The van der Waals surface area contributed by atoms with Crippen molar-refractivity contribution in [3.05, 3.63) is 30.1 Å². The standard InChI is InChI=1S/C21H32N6O.HI/c1-3-22-21(23-12-7-15-26-14-6-11-20(26)28)24-13-8-16-27-17(2)25-18-9-4-5-10-19(18)27;/h4-5,9-10H,3,6-8,11-16H2,1-2H3,(H2,22,23,24);1H. The smallest absolute Gasteiger partial charge is 0.222 e. The van der Waals surface area contributed by atoms with Gasteiger partial charge in [-0.3, -0.25) is 9.79 Å². The number of amides is 1. The Morgan fingerprint density at radius 2 is 2.03 bits per heavy atom. The number of para-hydroxylation sites is 2. The number of halogens is 1. The number of hydrogen-bond donors (Lipinski definition) is 2. The number of carbonyl (C=O) groups is 1. The third-order valence-electron chi connectivity index (χ3n) is 5.07. The van der Waals surface area contributed by atoms with Gasteiger partial charge in [-0.15, -0.1) is 24.0 Å². The number of likely N-dealkylation sites (tertiary alicyclic amines) is 1. The van der Waals surface area contributed by atoms with Crippen LogP contribution in [0.4, 0.5) is 0 Å². The molecule has 2 aromatic rings. The zero-order valence-electron chi connectivity index (χ0n) is 17.5. The molecule has 8 heteroatoms. The summed E-state index contributed by atoms with van der Waals surface area (Å²) in [7, 11) is 0. The number of nitrogens with zero attached hydrogens (tertiary/aromatic N) is 4. The van der Waals surface area contributed by atoms with Gasteiger partial charge in [-0.25, -0.2) is 4.98 Å². The number of fused-ring (bicyclic) bond motifs is 1. The van der Waals surface area contributed by atoms with Crippen molar-refractivity contribution >= 4 is 46.9 Å². The number of aromatic nitrogens is 2. The molecule has 0 unspecified atom stereocenters. The van der Waals surface area contributed by atoms with Gasteiger partial charge in [0, 0.05) is 45.7 Å². The third-order valence-corrected chi connectivity index (χ3v) is 5.07. The summed E-state index contributed by atoms with van der Waals surface area (Å²) in [4.78, 5) is 22.9. The number of hydrogen-bond acceptors (Lipinski definition) is 3. The van der Waals surface area contributed by atoms with Crippen LogP contribution in [0.5, 0.6) is 0 Å². The molecule has 1 aliphatic heterocycles. The van der Waals surface area contributed by atoms with Crippen LogP contribution in [0, 0.1) is 6.92 Å². The van der Waals surface area contributed by atoms with E-state index < -0.39 is 0 Å². The van der Waals surface area contributed by atoms with Gasteiger partial charge in [0.25, 0.3) is 0 Å². The number of rotatable bonds is 9. The van der Waals surface area contributed by atoms with Crippen LogP contribution in [0.1, 0.15) is 38.4 Å². The minimum atomic E-state index is 0. The minimum Gasteiger partial charge on any atom is -0.357 e. The molecule has 2 heterocycles. The van der Waals surface area contributed by atoms with Gasteiger partial charge in [0.15, 0.2) is 5.96 Å². The van der Waals surface area contributed by atoms with E-state index in [1.807, 2.05) is 11.0 Å². The van der Waals surface area contributed by atoms with Gasteiger partial charge in [0.1, 0.15) is 5.82 Å². The summed E-state index contributed by atoms with van der Waals surface area (Å²) < 4.78 is 2.27. The largest absolute Gasteiger partial charge is 0.357 e. The Labute approximate surface area is 190 Å². The van der Waals surface area contributed by atoms with Crippen LogP contribution in [-0.2, 0) is 11.3 Å². The predicted molar refractivity (Wildman–Crippen MR) is 129 cm³/mol. The van der Waals surface area contributed by atoms with Crippen molar-refractivity contribution in [1.82, 2.24) is 25.1 Å². The normalized spacial score (nSPS) is 14.3. The topological polar surface area (TPSA) is 74.6 Å². The average Bonchev–Trinajstić information content (AvgIpc) is 3.24. The van der Waals surface area contributed by atoms with Crippen LogP contribution in [0.15, 0.2) is 29.3 Å². The van der Waals surface area contributed by atoms with Crippen LogP contribution < -0.4 is 10.6 Å². The van der Waals surface area contributed by atoms with E-state index in [-0.39, 0.29) is 29.9 Å². The molecule has 1 fully saturated rings. The van der Waals surface area contributed by atoms with Crippen molar-refractivity contribution in [3.8, 4) is 0 Å². The molecule has 0 aliphatic carbocycles. The molecule has 2 N–H and O–H groups in total. The third kappa shape index (κ3) is 6.58. The first-order valence-corrected chi connectivity index (χ1v) is 10.4. The van der Waals surface area contributed by atoms with Crippen molar-refractivity contribution < 1.29 is 4.79 Å². The Morgan fingerprint density at radius 1 is 1.21 bits per heavy atom. The predicted octanol–water partition coefficient (Wildman–Crippen LogP) is 2.92. The van der Waals surface area contributed by atoms with Crippen LogP contribution >= 0.6 is 24.0 Å². The molecule has 0 radical (unpaired) electrons. The maximum absolute atomic E-state index is 11.6. The maximum Gasteiger partial charge on any atom is 0.222 e. The molecular weight excluding hydrogens is 479 g/mol. The lowest BCUT2D eigenvalue weighted by molar-refractivity contribution is -0.127. The van der Waals surface area contributed by atoms with Gasteiger partial charge in [-0.2, -0.15) is 0 Å². The zero-order chi connectivity index (χ0) is 19.8. The van der Waals surface area contributed by atoms with Gasteiger partial charge in [-0.05, 0) is 45.2 Å². The Balaban J connectivity index is 0.00000300. The van der Waals surface area contributed by atoms with Gasteiger partial charge >= 0.3 is 0 Å². The number of nitrogens with one attached hydrogen (secondary N) is 2. The van der Waals surface area contributed by atoms with Crippen LogP contribution in [0.3, 0.4) is 0 Å². The summed E-state index contributed by atoms with van der Waals surface area (Å²) in [5.41, 5.74) is 2.25. The van der Waals surface area contributed by atoms with E-state index in [1.54, 1.807) is 0 Å². The lowest BCUT2D eigenvalue weighted by Gasteiger charge is -2.15. The number of benzene rings is 1. The summed E-state index contributed by atoms with van der Waals surface area (Å²) >= 11 is 0. The fourth-order valence-corrected chi connectivity index (χ4v) is 3.66. The Bertz CT molecular complexity index is 819. The molecular formula is C21H33IN6O. The Kier molecular flexibility index (Phi) is 9.69. The highest BCUT2D eigenvalue weighted by Gasteiger charge is 2.18. The molecule has 0 atom stereocenters. The lowest BCUT2D eigenvalue weighted by atomic mass is 10.3. The quantitative estimate of drug-likeness (QED) is 0.235. The van der Waals surface area contributed by atoms with Crippen molar-refractivity contribution in [2.75, 3.05) is 32.7 Å². The number of aliphatic imine (C=N–C) groups is 1. The van der Waals surface area contributed by atoms with E-state index in [4.69, 9.17) is 0 Å². The summed E-state index contributed by atoms with van der Waals surface area (Å²) in [6.07, 6.45) is 3.60. The minimum absolute atomic E-state index is 0. The van der Waals surface area contributed by atoms with Crippen molar-refractivity contribution in [3.63, 3.8) is 0 Å². The Hall–Kier alpha value is -1.84. The van der Waals surface area contributed by atoms with Crippen LogP contribution in [-0.4, -0.2) is 59.0 Å². The van der Waals surface area contributed by atoms with E-state index in [1.165, 1.54) is 5.52 Å². The number of imidazole rings is 1. The SMILES string of the molecule is CCNC(=NCCCN1CCCC1=O)NCCCn1c(C)nc2ccccc21.I. The molecule has 0 saturated carbocycles. The van der Waals surface area contributed by atoms with Crippen molar-refractivity contribution in [2.45, 2.75) is 46.1 Å². The highest BCUT2D eigenvalue weighted by molar-refractivity contribution is 14.0. The summed E-state index contributed by atoms with van der Waals surface area (Å²) in [6.45, 7) is 9.19. The second kappa shape index (κ2) is 12.0. The molecule has 1 aromatic carbocycles. The summed E-state index contributed by atoms with van der Waals surface area (Å²) in [5, 5.41) is 6.71.